The van der Waals surface area contributed by atoms with E-state index in [0.717, 1.165) is 29.7 Å². The molecule has 2 fully saturated rings. The molecule has 1 aromatic carbocycles. The second-order valence-electron chi connectivity index (χ2n) is 11.8. The third-order valence-electron chi connectivity index (χ3n) is 8.38. The van der Waals surface area contributed by atoms with E-state index < -0.39 is 126 Å². The van der Waals surface area contributed by atoms with E-state index in [1.165, 1.54) is 6.08 Å². The molecule has 0 unspecified atom stereocenters. The lowest BCUT2D eigenvalue weighted by molar-refractivity contribution is -0.278. The van der Waals surface area contributed by atoms with Gasteiger partial charge in [0.2, 0.25) is 12.6 Å². The molecule has 11 atom stereocenters. The Morgan fingerprint density at radius 3 is 2.06 bits per heavy atom. The van der Waals surface area contributed by atoms with E-state index in [4.69, 9.17) is 29.4 Å². The van der Waals surface area contributed by atoms with E-state index in [9.17, 15) is 60.0 Å². The fourth-order valence-electron chi connectivity index (χ4n) is 5.73. The van der Waals surface area contributed by atoms with Crippen LogP contribution in [0.4, 0.5) is 5.69 Å². The Bertz CT molecular complexity index is 1840. The van der Waals surface area contributed by atoms with Crippen LogP contribution in [0.1, 0.15) is 36.4 Å². The summed E-state index contributed by atoms with van der Waals surface area (Å²) in [5, 5.41) is 80.3. The topological polar surface area (TPSA) is 323 Å². The number of nitrogens with two attached hydrogens (primary N) is 1. The number of ketones is 1. The van der Waals surface area contributed by atoms with Gasteiger partial charge in [0, 0.05) is 25.5 Å². The summed E-state index contributed by atoms with van der Waals surface area (Å²) in [4.78, 5) is 54.1. The number of aromatic amines is 1. The van der Waals surface area contributed by atoms with Gasteiger partial charge in [0.15, 0.2) is 12.0 Å². The summed E-state index contributed by atoms with van der Waals surface area (Å²) in [5.74, 6) is -2.61. The van der Waals surface area contributed by atoms with Gasteiger partial charge in [-0.2, -0.15) is 0 Å². The number of aliphatic hydroxyl groups is 8. The lowest BCUT2D eigenvalue weighted by atomic mass is 9.99. The summed E-state index contributed by atoms with van der Waals surface area (Å²) in [5.41, 5.74) is 3.64. The maximum atomic E-state index is 13.7. The number of benzene rings is 1. The lowest BCUT2D eigenvalue weighted by Gasteiger charge is -2.40. The molecule has 20 heteroatoms. The molecule has 274 valence electrons. The van der Waals surface area contributed by atoms with Gasteiger partial charge < -0.3 is 75.3 Å². The molecular weight excluding hydrogens is 674 g/mol. The number of aliphatic hydroxyl groups excluding tert-OH is 8. The zero-order chi connectivity index (χ0) is 36.6. The van der Waals surface area contributed by atoms with Crippen LogP contribution in [0.25, 0.3) is 12.2 Å². The van der Waals surface area contributed by atoms with Gasteiger partial charge in [-0.15, -0.1) is 0 Å². The molecule has 3 aliphatic heterocycles. The highest BCUT2D eigenvalue weighted by atomic mass is 16.7. The lowest BCUT2D eigenvalue weighted by Crippen LogP contribution is -2.60. The molecule has 11 N–H and O–H groups in total. The van der Waals surface area contributed by atoms with Gasteiger partial charge in [-0.05, 0) is 12.5 Å². The van der Waals surface area contributed by atoms with Crippen molar-refractivity contribution in [1.82, 2.24) is 9.55 Å². The highest BCUT2D eigenvalue weighted by Crippen LogP contribution is 2.36. The van der Waals surface area contributed by atoms with Crippen LogP contribution in [0.3, 0.4) is 0 Å². The summed E-state index contributed by atoms with van der Waals surface area (Å²) in [6, 6.07) is 2.02. The predicted octanol–water partition coefficient (Wildman–Crippen LogP) is -6.22. The van der Waals surface area contributed by atoms with Crippen LogP contribution in [-0.4, -0.2) is 137 Å². The normalized spacial score (nSPS) is 32.8. The molecule has 4 heterocycles. The maximum Gasteiger partial charge on any atom is 0.304 e. The molecule has 0 radical (unpaired) electrons. The smallest absolute Gasteiger partial charge is 0.304 e. The second-order valence-corrected chi connectivity index (χ2v) is 11.8. The van der Waals surface area contributed by atoms with Crippen molar-refractivity contribution in [2.45, 2.75) is 87.4 Å². The van der Waals surface area contributed by atoms with Gasteiger partial charge >= 0.3 is 5.97 Å². The number of aromatic nitrogens is 2. The number of hydrogen-bond acceptors (Lipinski definition) is 18. The van der Waals surface area contributed by atoms with Gasteiger partial charge in [-0.25, -0.2) is 0 Å². The first-order valence-corrected chi connectivity index (χ1v) is 15.3. The number of Topliss-reactive ketones (excluding diaryl/α,β-unsaturated/α-hetero) is 1. The Kier molecular flexibility index (Phi) is 11.1. The quantitative estimate of drug-likeness (QED) is 0.0657. The molecule has 2 saturated heterocycles. The first kappa shape index (κ1) is 37.0. The molecule has 50 heavy (non-hydrogen) atoms. The second kappa shape index (κ2) is 14.9. The molecule has 20 nitrogen and oxygen atoms in total. The fraction of sp³-hybridized carbons (Fsp3) is 0.533. The van der Waals surface area contributed by atoms with Crippen LogP contribution < -0.4 is 37.0 Å². The molecule has 3 aliphatic rings. The first-order valence-electron chi connectivity index (χ1n) is 15.3. The summed E-state index contributed by atoms with van der Waals surface area (Å²) >= 11 is 0. The predicted molar refractivity (Wildman–Crippen MR) is 164 cm³/mol. The number of H-pyrrole nitrogens is 1. The van der Waals surface area contributed by atoms with E-state index in [1.54, 1.807) is 0 Å². The van der Waals surface area contributed by atoms with E-state index in [-0.39, 0.29) is 17.5 Å². The minimum atomic E-state index is -1.92. The van der Waals surface area contributed by atoms with Gasteiger partial charge in [-0.1, -0.05) is 6.08 Å². The number of ether oxygens (including phenoxy) is 5. The highest BCUT2D eigenvalue weighted by molar-refractivity contribution is 6.20. The third-order valence-corrected chi connectivity index (χ3v) is 8.38. The average Bonchev–Trinajstić information content (AvgIpc) is 3.08. The van der Waals surface area contributed by atoms with Gasteiger partial charge in [0.1, 0.15) is 71.0 Å². The maximum absolute atomic E-state index is 13.7. The van der Waals surface area contributed by atoms with Crippen LogP contribution in [0, 0.1) is 0 Å². The van der Waals surface area contributed by atoms with Crippen LogP contribution in [0.2, 0.25) is 0 Å². The first-order chi connectivity index (χ1) is 23.7. The SMILES string of the molecule is CC(=O)O[C@H]1CCC=c2c(=O)[nH]c(=CC(=O)c3cc(O[C@@H]4O[C@H](CO)[C@@H](O)[C@H](O)[C@H]4O)cc(O[C@@H]4O[C@H](CO)[C@@H](O)[C@H](O)[C@H]4O)c3N)c(=O)n21. The van der Waals surface area contributed by atoms with Gasteiger partial charge in [0.25, 0.3) is 11.1 Å². The van der Waals surface area contributed by atoms with Crippen LogP contribution >= 0.6 is 0 Å². The average molecular weight is 712 g/mol. The number of anilines is 1. The molecular formula is C30H37N3O17. The molecule has 1 aromatic heterocycles. The Balaban J connectivity index is 1.59. The minimum Gasteiger partial charge on any atom is -0.462 e. The Morgan fingerprint density at radius 1 is 0.920 bits per heavy atom. The Hall–Kier alpha value is -4.22. The molecule has 0 saturated carbocycles. The number of rotatable bonds is 9. The van der Waals surface area contributed by atoms with Crippen LogP contribution in [-0.2, 0) is 19.0 Å². The molecule has 0 amide bonds. The van der Waals surface area contributed by atoms with E-state index >= 15 is 0 Å². The van der Waals surface area contributed by atoms with Crippen molar-refractivity contribution >= 4 is 29.6 Å². The summed E-state index contributed by atoms with van der Waals surface area (Å²) in [6.45, 7) is -0.469. The summed E-state index contributed by atoms with van der Waals surface area (Å²) < 4.78 is 28.2. The highest BCUT2D eigenvalue weighted by Gasteiger charge is 2.46. The molecule has 0 bridgehead atoms. The number of fused-ring (bicyclic) bond motifs is 1. The summed E-state index contributed by atoms with van der Waals surface area (Å²) in [7, 11) is 0. The zero-order valence-corrected chi connectivity index (χ0v) is 26.3. The molecule has 0 aliphatic carbocycles. The van der Waals surface area contributed by atoms with Gasteiger partial charge in [-0.3, -0.25) is 23.7 Å². The Morgan fingerprint density at radius 2 is 1.50 bits per heavy atom. The van der Waals surface area contributed by atoms with E-state index in [2.05, 4.69) is 4.98 Å². The van der Waals surface area contributed by atoms with E-state index in [0.29, 0.717) is 6.42 Å². The fourth-order valence-corrected chi connectivity index (χ4v) is 5.73. The van der Waals surface area contributed by atoms with Crippen molar-refractivity contribution in [3.63, 3.8) is 0 Å². The van der Waals surface area contributed by atoms with Crippen molar-refractivity contribution in [3.8, 4) is 11.5 Å². The summed E-state index contributed by atoms with van der Waals surface area (Å²) in [6.07, 6.45) is -15.8. The third kappa shape index (κ3) is 7.16. The van der Waals surface area contributed by atoms with Gasteiger partial charge in [0.05, 0.1) is 24.5 Å². The number of carbonyl (C=O) groups excluding carboxylic acids is 2. The largest absolute Gasteiger partial charge is 0.462 e. The van der Waals surface area contributed by atoms with Crippen molar-refractivity contribution in [3.05, 3.63) is 49.1 Å². The molecule has 2 aromatic rings. The zero-order valence-electron chi connectivity index (χ0n) is 26.3. The van der Waals surface area contributed by atoms with Crippen molar-refractivity contribution in [2.75, 3.05) is 18.9 Å². The standard InChI is InChI=1S/C30H37N3O17/c1-10(36)46-19-4-2-3-14-27(44)32-13(28(45)33(14)19)7-15(37)12-5-11(47-29-25(42)23(40)21(38)17(8-34)49-29)6-16(20(12)31)48-30-26(43)24(41)22(39)18(9-35)50-30/h3,5-7,17-19,21-26,29-30,34-35,38-43H,2,4,8-9,31H2,1H3,(H,32,44)/t17-,18-,19+,21-,22-,23+,24+,25-,26-,29-,30-/m1/s1. The molecule has 5 rings (SSSR count). The molecule has 0 spiro atoms. The van der Waals surface area contributed by atoms with Crippen molar-refractivity contribution in [2.24, 2.45) is 0 Å². The van der Waals surface area contributed by atoms with Crippen LogP contribution in [0.15, 0.2) is 21.7 Å². The number of nitrogens with zero attached hydrogens (tertiary/aromatic N) is 1. The Labute approximate surface area is 280 Å². The van der Waals surface area contributed by atoms with Crippen molar-refractivity contribution < 1.29 is 74.1 Å². The number of hydrogen-bond donors (Lipinski definition) is 10. The van der Waals surface area contributed by atoms with Crippen molar-refractivity contribution in [1.29, 1.82) is 0 Å². The number of carbonyl (C=O) groups is 2. The minimum absolute atomic E-state index is 0.0956. The number of nitrogen functional groups attached to an aromatic ring is 1. The monoisotopic (exact) mass is 711 g/mol. The number of nitrogens with one attached hydrogen (secondary N) is 1. The van der Waals surface area contributed by atoms with Crippen LogP contribution in [0.5, 0.6) is 11.5 Å². The number of esters is 1. The van der Waals surface area contributed by atoms with E-state index in [1.807, 2.05) is 0 Å².